The molecular weight excluding hydrogens is 195 g/mol. The van der Waals surface area contributed by atoms with Gasteiger partial charge in [-0.25, -0.2) is 0 Å². The van der Waals surface area contributed by atoms with Gasteiger partial charge in [-0.15, -0.1) is 0 Å². The van der Waals surface area contributed by atoms with E-state index in [-0.39, 0.29) is 10.8 Å². The smallest absolute Gasteiger partial charge is 0.200 e. The number of rotatable bonds is 0. The van der Waals surface area contributed by atoms with Crippen LogP contribution in [0.15, 0.2) is 0 Å². The summed E-state index contributed by atoms with van der Waals surface area (Å²) in [6.45, 7) is 5.30. The first-order valence-corrected chi connectivity index (χ1v) is 4.34. The zero-order valence-corrected chi connectivity index (χ0v) is 8.68. The van der Waals surface area contributed by atoms with Crippen LogP contribution in [0.25, 0.3) is 0 Å². The van der Waals surface area contributed by atoms with Gasteiger partial charge in [0.05, 0.1) is 5.02 Å². The topological polar surface area (TPSA) is 19.9 Å². The summed E-state index contributed by atoms with van der Waals surface area (Å²) >= 11 is 11.7. The summed E-state index contributed by atoms with van der Waals surface area (Å²) in [5.41, 5.74) is 2.13. The Kier molecular flexibility index (Phi) is 2.55. The van der Waals surface area contributed by atoms with Gasteiger partial charge in [-0.3, -0.25) is 5.11 Å². The van der Waals surface area contributed by atoms with Gasteiger partial charge < -0.3 is 0 Å². The Morgan fingerprint density at radius 2 is 1.33 bits per heavy atom. The highest BCUT2D eigenvalue weighted by atomic mass is 35.5. The van der Waals surface area contributed by atoms with Crippen molar-refractivity contribution in [3.63, 3.8) is 0 Å². The maximum absolute atomic E-state index is 11.4. The van der Waals surface area contributed by atoms with E-state index in [2.05, 4.69) is 0 Å². The molecule has 0 aliphatic carbocycles. The highest BCUT2D eigenvalue weighted by molar-refractivity contribution is 6.37. The average molecular weight is 204 g/mol. The van der Waals surface area contributed by atoms with Crippen LogP contribution < -0.4 is 0 Å². The molecule has 0 bridgehead atoms. The first-order valence-electron chi connectivity index (χ1n) is 3.58. The van der Waals surface area contributed by atoms with Crippen LogP contribution in [-0.2, 0) is 5.11 Å². The summed E-state index contributed by atoms with van der Waals surface area (Å²) in [6, 6.07) is 0. The van der Waals surface area contributed by atoms with E-state index in [0.29, 0.717) is 16.1 Å². The summed E-state index contributed by atoms with van der Waals surface area (Å²) in [5.74, 6) is -0.115. The van der Waals surface area contributed by atoms with E-state index < -0.39 is 0 Å². The van der Waals surface area contributed by atoms with Crippen molar-refractivity contribution in [2.24, 2.45) is 0 Å². The lowest BCUT2D eigenvalue weighted by Gasteiger charge is -2.09. The van der Waals surface area contributed by atoms with E-state index in [0.717, 1.165) is 5.56 Å². The standard InChI is InChI=1S/C9H9Cl2O/c1-4-5(2)9(12)8(11)6(3)7(4)10/h1-3H3. The van der Waals surface area contributed by atoms with Crippen molar-refractivity contribution in [1.82, 2.24) is 0 Å². The normalized spacial score (nSPS) is 10.4. The number of hydrogen-bond acceptors (Lipinski definition) is 0. The van der Waals surface area contributed by atoms with Gasteiger partial charge in [0.2, 0.25) is 5.75 Å². The van der Waals surface area contributed by atoms with Gasteiger partial charge in [-0.2, -0.15) is 0 Å². The maximum atomic E-state index is 11.4. The van der Waals surface area contributed by atoms with E-state index in [1.54, 1.807) is 13.8 Å². The molecule has 0 aromatic heterocycles. The molecule has 0 aliphatic heterocycles. The Hall–Kier alpha value is -0.400. The zero-order chi connectivity index (χ0) is 9.46. The molecule has 0 saturated carbocycles. The molecule has 65 valence electrons. The predicted octanol–water partition coefficient (Wildman–Crippen LogP) is 4.06. The second-order valence-electron chi connectivity index (χ2n) is 2.83. The molecule has 12 heavy (non-hydrogen) atoms. The first kappa shape index (κ1) is 9.69. The summed E-state index contributed by atoms with van der Waals surface area (Å²) in [4.78, 5) is 0. The van der Waals surface area contributed by atoms with Gasteiger partial charge in [0.1, 0.15) is 0 Å². The van der Waals surface area contributed by atoms with E-state index in [1.807, 2.05) is 6.92 Å². The van der Waals surface area contributed by atoms with Crippen LogP contribution in [0, 0.1) is 20.8 Å². The molecule has 1 radical (unpaired) electrons. The van der Waals surface area contributed by atoms with E-state index in [4.69, 9.17) is 23.2 Å². The number of halogens is 2. The first-order chi connectivity index (χ1) is 5.46. The lowest BCUT2D eigenvalue weighted by molar-refractivity contribution is 0.351. The van der Waals surface area contributed by atoms with E-state index >= 15 is 0 Å². The predicted molar refractivity (Wildman–Crippen MR) is 50.8 cm³/mol. The maximum Gasteiger partial charge on any atom is 0.200 e. The third kappa shape index (κ3) is 1.27. The fourth-order valence-electron chi connectivity index (χ4n) is 1.05. The molecule has 0 saturated heterocycles. The third-order valence-corrected chi connectivity index (χ3v) is 3.11. The van der Waals surface area contributed by atoms with Crippen LogP contribution in [0.3, 0.4) is 0 Å². The van der Waals surface area contributed by atoms with Crippen LogP contribution in [0.5, 0.6) is 5.75 Å². The van der Waals surface area contributed by atoms with E-state index in [1.165, 1.54) is 0 Å². The minimum absolute atomic E-state index is 0.115. The SMILES string of the molecule is Cc1c(C)c(Cl)c(C)c(Cl)c1[O]. The monoisotopic (exact) mass is 203 g/mol. The Bertz CT molecular complexity index is 227. The summed E-state index contributed by atoms with van der Waals surface area (Å²) in [6.07, 6.45) is 0. The van der Waals surface area contributed by atoms with Crippen molar-refractivity contribution < 1.29 is 5.11 Å². The van der Waals surface area contributed by atoms with Gasteiger partial charge in [-0.1, -0.05) is 23.2 Å². The molecule has 0 N–H and O–H groups in total. The molecule has 1 rings (SSSR count). The van der Waals surface area contributed by atoms with Crippen LogP contribution in [0.4, 0.5) is 0 Å². The molecule has 3 heteroatoms. The minimum Gasteiger partial charge on any atom is -0.288 e. The van der Waals surface area contributed by atoms with Crippen LogP contribution >= 0.6 is 23.2 Å². The summed E-state index contributed by atoms with van der Waals surface area (Å²) < 4.78 is 0. The molecule has 0 aliphatic rings. The van der Waals surface area contributed by atoms with Gasteiger partial charge in [0.15, 0.2) is 0 Å². The number of hydrogen-bond donors (Lipinski definition) is 0. The van der Waals surface area contributed by atoms with Crippen molar-refractivity contribution in [2.45, 2.75) is 20.8 Å². The minimum atomic E-state index is -0.115. The zero-order valence-electron chi connectivity index (χ0n) is 7.16. The van der Waals surface area contributed by atoms with E-state index in [9.17, 15) is 5.11 Å². The summed E-state index contributed by atoms with van der Waals surface area (Å²) in [7, 11) is 0. The van der Waals surface area contributed by atoms with Crippen molar-refractivity contribution in [2.75, 3.05) is 0 Å². The van der Waals surface area contributed by atoms with Crippen molar-refractivity contribution in [1.29, 1.82) is 0 Å². The fraction of sp³-hybridized carbons (Fsp3) is 0.333. The highest BCUT2D eigenvalue weighted by Gasteiger charge is 2.14. The second kappa shape index (κ2) is 3.15. The summed E-state index contributed by atoms with van der Waals surface area (Å²) in [5, 5.41) is 12.2. The van der Waals surface area contributed by atoms with Crippen molar-refractivity contribution >= 4 is 23.2 Å². The molecule has 1 aromatic rings. The van der Waals surface area contributed by atoms with Crippen LogP contribution in [0.2, 0.25) is 10.0 Å². The lowest BCUT2D eigenvalue weighted by atomic mass is 10.1. The Morgan fingerprint density at radius 3 is 1.83 bits per heavy atom. The molecule has 0 unspecified atom stereocenters. The average Bonchev–Trinajstić information content (AvgIpc) is 2.08. The Morgan fingerprint density at radius 1 is 0.833 bits per heavy atom. The largest absolute Gasteiger partial charge is 0.288 e. The van der Waals surface area contributed by atoms with Gasteiger partial charge in [0, 0.05) is 10.6 Å². The lowest BCUT2D eigenvalue weighted by Crippen LogP contribution is -1.88. The number of benzene rings is 1. The molecule has 0 spiro atoms. The second-order valence-corrected chi connectivity index (χ2v) is 3.59. The van der Waals surface area contributed by atoms with Gasteiger partial charge in [-0.05, 0) is 31.9 Å². The highest BCUT2D eigenvalue weighted by Crippen LogP contribution is 2.38. The molecule has 0 atom stereocenters. The third-order valence-electron chi connectivity index (χ3n) is 2.09. The Labute approximate surface area is 81.9 Å². The van der Waals surface area contributed by atoms with Crippen LogP contribution in [0.1, 0.15) is 16.7 Å². The molecule has 0 heterocycles. The molecule has 0 amide bonds. The Balaban J connectivity index is 3.60. The fourth-order valence-corrected chi connectivity index (χ4v) is 1.57. The molecule has 1 nitrogen and oxygen atoms in total. The molecular formula is C9H9Cl2O. The molecule has 1 aromatic carbocycles. The van der Waals surface area contributed by atoms with Gasteiger partial charge >= 0.3 is 0 Å². The molecule has 0 fully saturated rings. The quantitative estimate of drug-likeness (QED) is 0.607. The van der Waals surface area contributed by atoms with Gasteiger partial charge in [0.25, 0.3) is 0 Å². The van der Waals surface area contributed by atoms with Crippen LogP contribution in [-0.4, -0.2) is 0 Å². The van der Waals surface area contributed by atoms with Crippen molar-refractivity contribution in [3.8, 4) is 5.75 Å². The van der Waals surface area contributed by atoms with Crippen molar-refractivity contribution in [3.05, 3.63) is 26.7 Å².